The zero-order chi connectivity index (χ0) is 16.8. The smallest absolute Gasteiger partial charge is 0.387 e. The van der Waals surface area contributed by atoms with Crippen LogP contribution >= 0.6 is 11.6 Å². The molecule has 0 aliphatic carbocycles. The molecule has 0 bridgehead atoms. The molecule has 2 aromatic rings. The van der Waals surface area contributed by atoms with Gasteiger partial charge in [-0.3, -0.25) is 9.48 Å². The van der Waals surface area contributed by atoms with E-state index in [1.807, 2.05) is 6.20 Å². The van der Waals surface area contributed by atoms with E-state index in [0.29, 0.717) is 17.0 Å². The van der Waals surface area contributed by atoms with Gasteiger partial charge in [-0.2, -0.15) is 13.9 Å². The number of rotatable bonds is 7. The number of nitrogens with one attached hydrogen (secondary N) is 1. The van der Waals surface area contributed by atoms with E-state index in [9.17, 15) is 13.6 Å². The number of halogens is 3. The molecule has 0 unspecified atom stereocenters. The minimum atomic E-state index is -2.93. The van der Waals surface area contributed by atoms with E-state index < -0.39 is 6.61 Å². The maximum atomic E-state index is 12.4. The van der Waals surface area contributed by atoms with Crippen LogP contribution in [0.5, 0.6) is 5.75 Å². The summed E-state index contributed by atoms with van der Waals surface area (Å²) in [6, 6.07) is 4.29. The first-order chi connectivity index (χ1) is 10.9. The zero-order valence-corrected chi connectivity index (χ0v) is 13.2. The quantitative estimate of drug-likeness (QED) is 0.841. The predicted octanol–water partition coefficient (Wildman–Crippen LogP) is 2.92. The Kier molecular flexibility index (Phi) is 5.92. The topological polar surface area (TPSA) is 56.2 Å². The van der Waals surface area contributed by atoms with Gasteiger partial charge in [0.2, 0.25) is 5.91 Å². The first kappa shape index (κ1) is 17.2. The monoisotopic (exact) mass is 343 g/mol. The van der Waals surface area contributed by atoms with Crippen molar-refractivity contribution < 1.29 is 18.3 Å². The Morgan fingerprint density at radius 2 is 2.26 bits per heavy atom. The maximum absolute atomic E-state index is 12.4. The lowest BCUT2D eigenvalue weighted by molar-refractivity contribution is -0.121. The molecule has 1 N–H and O–H groups in total. The Balaban J connectivity index is 1.89. The first-order valence-corrected chi connectivity index (χ1v) is 7.29. The molecule has 0 aliphatic rings. The second kappa shape index (κ2) is 7.92. The molecule has 23 heavy (non-hydrogen) atoms. The van der Waals surface area contributed by atoms with Gasteiger partial charge < -0.3 is 10.1 Å². The first-order valence-electron chi connectivity index (χ1n) is 6.91. The largest absolute Gasteiger partial charge is 0.434 e. The molecule has 1 amide bonds. The molecule has 0 aliphatic heterocycles. The summed E-state index contributed by atoms with van der Waals surface area (Å²) < 4.78 is 30.8. The number of carbonyl (C=O) groups excluding carboxylic acids is 1. The molecule has 8 heteroatoms. The third-order valence-corrected chi connectivity index (χ3v) is 3.35. The third-order valence-electron chi connectivity index (χ3n) is 3.11. The lowest BCUT2D eigenvalue weighted by Crippen LogP contribution is -2.23. The van der Waals surface area contributed by atoms with E-state index in [1.165, 1.54) is 18.2 Å². The second-order valence-electron chi connectivity index (χ2n) is 4.93. The number of ether oxygens (including phenoxy) is 1. The molecule has 1 heterocycles. The average molecular weight is 344 g/mol. The SMILES string of the molecule is Cn1cc(CCC(=O)NCc2cc(Cl)ccc2OC(F)F)cn1. The van der Waals surface area contributed by atoms with E-state index in [4.69, 9.17) is 11.6 Å². The molecule has 124 valence electrons. The minimum Gasteiger partial charge on any atom is -0.434 e. The molecule has 1 aromatic heterocycles. The summed E-state index contributed by atoms with van der Waals surface area (Å²) in [4.78, 5) is 11.9. The van der Waals surface area contributed by atoms with Gasteiger partial charge in [-0.05, 0) is 30.2 Å². The molecule has 0 atom stereocenters. The van der Waals surface area contributed by atoms with Crippen molar-refractivity contribution in [3.63, 3.8) is 0 Å². The number of amides is 1. The van der Waals surface area contributed by atoms with E-state index in [1.54, 1.807) is 17.9 Å². The number of aromatic nitrogens is 2. The van der Waals surface area contributed by atoms with Crippen molar-refractivity contribution in [2.45, 2.75) is 26.0 Å². The third kappa shape index (κ3) is 5.52. The maximum Gasteiger partial charge on any atom is 0.387 e. The predicted molar refractivity (Wildman–Crippen MR) is 81.5 cm³/mol. The molecule has 5 nitrogen and oxygen atoms in total. The number of nitrogens with zero attached hydrogens (tertiary/aromatic N) is 2. The van der Waals surface area contributed by atoms with Gasteiger partial charge in [0.05, 0.1) is 6.20 Å². The molecule has 0 fully saturated rings. The Morgan fingerprint density at radius 1 is 1.48 bits per heavy atom. The fraction of sp³-hybridized carbons (Fsp3) is 0.333. The molecule has 0 spiro atoms. The number of alkyl halides is 2. The Labute approximate surface area is 137 Å². The number of benzene rings is 1. The van der Waals surface area contributed by atoms with Crippen molar-refractivity contribution in [1.29, 1.82) is 0 Å². The van der Waals surface area contributed by atoms with Gasteiger partial charge >= 0.3 is 6.61 Å². The highest BCUT2D eigenvalue weighted by atomic mass is 35.5. The summed E-state index contributed by atoms with van der Waals surface area (Å²) in [5.74, 6) is -0.200. The van der Waals surface area contributed by atoms with Crippen LogP contribution in [0.1, 0.15) is 17.5 Å². The lowest BCUT2D eigenvalue weighted by Gasteiger charge is -2.12. The van der Waals surface area contributed by atoms with Crippen LogP contribution in [0.3, 0.4) is 0 Å². The summed E-state index contributed by atoms with van der Waals surface area (Å²) in [5.41, 5.74) is 1.35. The highest BCUT2D eigenvalue weighted by Crippen LogP contribution is 2.24. The number of carbonyl (C=O) groups is 1. The van der Waals surface area contributed by atoms with E-state index in [-0.39, 0.29) is 24.6 Å². The zero-order valence-electron chi connectivity index (χ0n) is 12.4. The summed E-state index contributed by atoms with van der Waals surface area (Å²) in [6.07, 6.45) is 4.35. The molecule has 0 radical (unpaired) electrons. The van der Waals surface area contributed by atoms with Gasteiger partial charge in [0.25, 0.3) is 0 Å². The van der Waals surface area contributed by atoms with Crippen LogP contribution in [-0.2, 0) is 24.8 Å². The highest BCUT2D eigenvalue weighted by molar-refractivity contribution is 6.30. The van der Waals surface area contributed by atoms with Crippen LogP contribution in [0.4, 0.5) is 8.78 Å². The fourth-order valence-electron chi connectivity index (χ4n) is 2.04. The summed E-state index contributed by atoms with van der Waals surface area (Å²) >= 11 is 5.85. The molecular formula is C15H16ClF2N3O2. The lowest BCUT2D eigenvalue weighted by atomic mass is 10.1. The van der Waals surface area contributed by atoms with Crippen molar-refractivity contribution >= 4 is 17.5 Å². The summed E-state index contributed by atoms with van der Waals surface area (Å²) in [7, 11) is 1.80. The van der Waals surface area contributed by atoms with E-state index in [2.05, 4.69) is 15.2 Å². The van der Waals surface area contributed by atoms with Crippen LogP contribution in [0, 0.1) is 0 Å². The molecule has 0 saturated carbocycles. The van der Waals surface area contributed by atoms with Crippen LogP contribution < -0.4 is 10.1 Å². The Morgan fingerprint density at radius 3 is 2.91 bits per heavy atom. The van der Waals surface area contributed by atoms with E-state index >= 15 is 0 Å². The summed E-state index contributed by atoms with van der Waals surface area (Å²) in [6.45, 7) is -2.87. The van der Waals surface area contributed by atoms with Gasteiger partial charge in [-0.15, -0.1) is 0 Å². The average Bonchev–Trinajstić information content (AvgIpc) is 2.90. The molecule has 1 aromatic carbocycles. The van der Waals surface area contributed by atoms with Crippen LogP contribution in [-0.4, -0.2) is 22.3 Å². The van der Waals surface area contributed by atoms with Gasteiger partial charge in [-0.1, -0.05) is 11.6 Å². The van der Waals surface area contributed by atoms with Crippen molar-refractivity contribution in [1.82, 2.24) is 15.1 Å². The number of hydrogen-bond donors (Lipinski definition) is 1. The van der Waals surface area contributed by atoms with Gasteiger partial charge in [0.1, 0.15) is 5.75 Å². The molecular weight excluding hydrogens is 328 g/mol. The van der Waals surface area contributed by atoms with Gasteiger partial charge in [0.15, 0.2) is 0 Å². The summed E-state index contributed by atoms with van der Waals surface area (Å²) in [5, 5.41) is 7.07. The van der Waals surface area contributed by atoms with E-state index in [0.717, 1.165) is 5.56 Å². The normalized spacial score (nSPS) is 10.8. The van der Waals surface area contributed by atoms with Gasteiger partial charge in [0, 0.05) is 36.8 Å². The van der Waals surface area contributed by atoms with Crippen molar-refractivity contribution in [2.75, 3.05) is 0 Å². The standard InChI is InChI=1S/C15H16ClF2N3O2/c1-21-9-10(7-20-21)2-5-14(22)19-8-11-6-12(16)3-4-13(11)23-15(17)18/h3-4,6-7,9,15H,2,5,8H2,1H3,(H,19,22). The minimum absolute atomic E-state index is 0.00282. The van der Waals surface area contributed by atoms with Crippen molar-refractivity contribution in [3.05, 3.63) is 46.7 Å². The fourth-order valence-corrected chi connectivity index (χ4v) is 2.23. The van der Waals surface area contributed by atoms with Crippen LogP contribution in [0.2, 0.25) is 5.02 Å². The second-order valence-corrected chi connectivity index (χ2v) is 5.37. The van der Waals surface area contributed by atoms with Crippen LogP contribution in [0.25, 0.3) is 0 Å². The number of hydrogen-bond acceptors (Lipinski definition) is 3. The molecule has 2 rings (SSSR count). The van der Waals surface area contributed by atoms with Crippen LogP contribution in [0.15, 0.2) is 30.6 Å². The number of aryl methyl sites for hydroxylation is 2. The highest BCUT2D eigenvalue weighted by Gasteiger charge is 2.11. The molecule has 0 saturated heterocycles. The van der Waals surface area contributed by atoms with Crippen molar-refractivity contribution in [3.8, 4) is 5.75 Å². The van der Waals surface area contributed by atoms with Crippen molar-refractivity contribution in [2.24, 2.45) is 7.05 Å². The Bertz CT molecular complexity index is 676. The Hall–Kier alpha value is -2.15. The van der Waals surface area contributed by atoms with Gasteiger partial charge in [-0.25, -0.2) is 0 Å².